The molecular weight excluding hydrogens is 372 g/mol. The Morgan fingerprint density at radius 2 is 1.43 bits per heavy atom. The summed E-state index contributed by atoms with van der Waals surface area (Å²) in [5.41, 5.74) is 2.59. The molecule has 0 atom stereocenters. The molecule has 0 N–H and O–H groups in total. The fraction of sp³-hybridized carbons (Fsp3) is 0.778. The van der Waals surface area contributed by atoms with Crippen molar-refractivity contribution >= 4 is 0 Å². The van der Waals surface area contributed by atoms with Gasteiger partial charge in [-0.2, -0.15) is 0 Å². The van der Waals surface area contributed by atoms with E-state index in [9.17, 15) is 0 Å². The fourth-order valence-electron chi connectivity index (χ4n) is 4.53. The van der Waals surface area contributed by atoms with E-state index in [1.165, 1.54) is 11.1 Å². The van der Waals surface area contributed by atoms with Gasteiger partial charge in [0.25, 0.3) is 0 Å². The standard InChI is InChI=1S/C27H46O3/c1-9-26(10-2,11-3)21-30-25(7,8)23-15-13-22(14-16-23)17-29-24(5,6)18-27(12-4)19-28-20-27/h13-16H,9-12,17-21H2,1-8H3. The largest absolute Gasteiger partial charge is 0.380 e. The molecule has 0 aliphatic carbocycles. The van der Waals surface area contributed by atoms with Crippen LogP contribution < -0.4 is 0 Å². The summed E-state index contributed by atoms with van der Waals surface area (Å²) in [4.78, 5) is 0. The molecule has 2 rings (SSSR count). The lowest BCUT2D eigenvalue weighted by Gasteiger charge is -2.45. The molecule has 1 heterocycles. The molecule has 0 spiro atoms. The van der Waals surface area contributed by atoms with Gasteiger partial charge in [0.2, 0.25) is 0 Å². The van der Waals surface area contributed by atoms with Crippen LogP contribution in [0.5, 0.6) is 0 Å². The highest BCUT2D eigenvalue weighted by atomic mass is 16.5. The Kier molecular flexibility index (Phi) is 8.58. The maximum absolute atomic E-state index is 6.45. The van der Waals surface area contributed by atoms with Gasteiger partial charge in [-0.3, -0.25) is 0 Å². The second-order valence-corrected chi connectivity index (χ2v) is 10.6. The summed E-state index contributed by atoms with van der Waals surface area (Å²) in [5.74, 6) is 0. The van der Waals surface area contributed by atoms with Gasteiger partial charge in [-0.1, -0.05) is 52.0 Å². The summed E-state index contributed by atoms with van der Waals surface area (Å²) in [6.07, 6.45) is 5.68. The van der Waals surface area contributed by atoms with E-state index < -0.39 is 0 Å². The topological polar surface area (TPSA) is 27.7 Å². The first-order valence-corrected chi connectivity index (χ1v) is 12.0. The van der Waals surface area contributed by atoms with Gasteiger partial charge in [0.05, 0.1) is 37.6 Å². The molecule has 1 saturated heterocycles. The van der Waals surface area contributed by atoms with E-state index in [0.29, 0.717) is 12.0 Å². The first kappa shape index (κ1) is 25.4. The lowest BCUT2D eigenvalue weighted by Crippen LogP contribution is -2.47. The zero-order valence-electron chi connectivity index (χ0n) is 20.9. The molecule has 1 aliphatic rings. The van der Waals surface area contributed by atoms with Gasteiger partial charge in [-0.05, 0) is 76.3 Å². The molecule has 0 radical (unpaired) electrons. The summed E-state index contributed by atoms with van der Waals surface area (Å²) >= 11 is 0. The summed E-state index contributed by atoms with van der Waals surface area (Å²) in [6, 6.07) is 8.77. The first-order chi connectivity index (χ1) is 14.0. The van der Waals surface area contributed by atoms with Crippen molar-refractivity contribution in [1.29, 1.82) is 0 Å². The minimum atomic E-state index is -0.291. The second kappa shape index (κ2) is 10.1. The Labute approximate surface area is 185 Å². The molecule has 3 heteroatoms. The molecule has 1 fully saturated rings. The van der Waals surface area contributed by atoms with E-state index in [2.05, 4.69) is 79.7 Å². The lowest BCUT2D eigenvalue weighted by atomic mass is 9.74. The van der Waals surface area contributed by atoms with Gasteiger partial charge < -0.3 is 14.2 Å². The monoisotopic (exact) mass is 418 g/mol. The highest BCUT2D eigenvalue weighted by Gasteiger charge is 2.41. The summed E-state index contributed by atoms with van der Waals surface area (Å²) in [6.45, 7) is 21.0. The third-order valence-electron chi connectivity index (χ3n) is 7.64. The van der Waals surface area contributed by atoms with Crippen LogP contribution >= 0.6 is 0 Å². The van der Waals surface area contributed by atoms with Crippen molar-refractivity contribution in [2.75, 3.05) is 19.8 Å². The third-order valence-corrected chi connectivity index (χ3v) is 7.64. The zero-order chi connectivity index (χ0) is 22.5. The predicted octanol–water partition coefficient (Wildman–Crippen LogP) is 7.27. The van der Waals surface area contributed by atoms with E-state index in [1.807, 2.05) is 0 Å². The van der Waals surface area contributed by atoms with Crippen molar-refractivity contribution in [3.63, 3.8) is 0 Å². The molecule has 30 heavy (non-hydrogen) atoms. The Morgan fingerprint density at radius 1 is 0.867 bits per heavy atom. The van der Waals surface area contributed by atoms with E-state index in [1.54, 1.807) is 0 Å². The van der Waals surface area contributed by atoms with Gasteiger partial charge in [0.15, 0.2) is 0 Å². The predicted molar refractivity (Wildman–Crippen MR) is 126 cm³/mol. The summed E-state index contributed by atoms with van der Waals surface area (Å²) in [7, 11) is 0. The molecule has 3 nitrogen and oxygen atoms in total. The lowest BCUT2D eigenvalue weighted by molar-refractivity contribution is -0.161. The molecule has 0 saturated carbocycles. The maximum atomic E-state index is 6.45. The van der Waals surface area contributed by atoms with E-state index in [0.717, 1.165) is 51.9 Å². The highest BCUT2D eigenvalue weighted by Crippen LogP contribution is 2.40. The zero-order valence-corrected chi connectivity index (χ0v) is 20.9. The van der Waals surface area contributed by atoms with Crippen LogP contribution in [0.3, 0.4) is 0 Å². The van der Waals surface area contributed by atoms with Crippen LogP contribution in [0, 0.1) is 10.8 Å². The number of ether oxygens (including phenoxy) is 3. The van der Waals surface area contributed by atoms with Gasteiger partial charge in [0.1, 0.15) is 0 Å². The van der Waals surface area contributed by atoms with Crippen molar-refractivity contribution in [3.8, 4) is 0 Å². The van der Waals surface area contributed by atoms with Crippen LogP contribution in [-0.4, -0.2) is 25.4 Å². The highest BCUT2D eigenvalue weighted by molar-refractivity contribution is 5.26. The number of benzene rings is 1. The van der Waals surface area contributed by atoms with Crippen molar-refractivity contribution in [2.45, 2.75) is 105 Å². The van der Waals surface area contributed by atoms with E-state index >= 15 is 0 Å². The SMILES string of the molecule is CCC(CC)(CC)COC(C)(C)c1ccc(COC(C)(C)CC2(CC)COC2)cc1. The minimum absolute atomic E-state index is 0.148. The molecule has 172 valence electrons. The Balaban J connectivity index is 1.93. The molecule has 1 aliphatic heterocycles. The van der Waals surface area contributed by atoms with Crippen molar-refractivity contribution < 1.29 is 14.2 Å². The van der Waals surface area contributed by atoms with Crippen molar-refractivity contribution in [3.05, 3.63) is 35.4 Å². The van der Waals surface area contributed by atoms with E-state index in [4.69, 9.17) is 14.2 Å². The Morgan fingerprint density at radius 3 is 1.87 bits per heavy atom. The minimum Gasteiger partial charge on any atom is -0.380 e. The molecule has 0 aromatic heterocycles. The van der Waals surface area contributed by atoms with Crippen LogP contribution in [0.1, 0.15) is 98.6 Å². The van der Waals surface area contributed by atoms with Crippen molar-refractivity contribution in [2.24, 2.45) is 10.8 Å². The van der Waals surface area contributed by atoms with Crippen molar-refractivity contribution in [1.82, 2.24) is 0 Å². The molecular formula is C27H46O3. The second-order valence-electron chi connectivity index (χ2n) is 10.6. The molecule has 1 aromatic carbocycles. The maximum Gasteiger partial charge on any atom is 0.0875 e. The number of rotatable bonds is 13. The fourth-order valence-corrected chi connectivity index (χ4v) is 4.53. The van der Waals surface area contributed by atoms with Gasteiger partial charge in [-0.15, -0.1) is 0 Å². The third kappa shape index (κ3) is 6.31. The molecule has 0 amide bonds. The van der Waals surface area contributed by atoms with Gasteiger partial charge >= 0.3 is 0 Å². The van der Waals surface area contributed by atoms with Crippen LogP contribution in [0.15, 0.2) is 24.3 Å². The number of hydrogen-bond acceptors (Lipinski definition) is 3. The van der Waals surface area contributed by atoms with Gasteiger partial charge in [-0.25, -0.2) is 0 Å². The van der Waals surface area contributed by atoms with E-state index in [-0.39, 0.29) is 16.6 Å². The Hall–Kier alpha value is -0.900. The van der Waals surface area contributed by atoms with Crippen LogP contribution in [0.4, 0.5) is 0 Å². The van der Waals surface area contributed by atoms with Crippen LogP contribution in [-0.2, 0) is 26.4 Å². The van der Waals surface area contributed by atoms with Crippen LogP contribution in [0.25, 0.3) is 0 Å². The average molecular weight is 419 g/mol. The first-order valence-electron chi connectivity index (χ1n) is 12.0. The molecule has 0 bridgehead atoms. The normalized spacial score (nSPS) is 17.1. The summed E-state index contributed by atoms with van der Waals surface area (Å²) < 4.78 is 18.3. The summed E-state index contributed by atoms with van der Waals surface area (Å²) in [5, 5.41) is 0. The Bertz CT molecular complexity index is 623. The smallest absolute Gasteiger partial charge is 0.0875 e. The quantitative estimate of drug-likeness (QED) is 0.337. The van der Waals surface area contributed by atoms with Crippen LogP contribution in [0.2, 0.25) is 0 Å². The molecule has 1 aromatic rings. The van der Waals surface area contributed by atoms with Gasteiger partial charge in [0, 0.05) is 5.41 Å². The number of hydrogen-bond donors (Lipinski definition) is 0. The molecule has 0 unspecified atom stereocenters. The average Bonchev–Trinajstić information content (AvgIpc) is 2.71.